The Balaban J connectivity index is 2.11. The van der Waals surface area contributed by atoms with Gasteiger partial charge in [0.2, 0.25) is 15.9 Å². The molecule has 1 amide bonds. The number of sulfonamides is 1. The first-order valence-electron chi connectivity index (χ1n) is 7.49. The zero-order chi connectivity index (χ0) is 17.9. The highest BCUT2D eigenvalue weighted by Gasteiger charge is 2.33. The third kappa shape index (κ3) is 4.09. The van der Waals surface area contributed by atoms with Gasteiger partial charge in [0.25, 0.3) is 0 Å². The van der Waals surface area contributed by atoms with E-state index in [2.05, 4.69) is 5.32 Å². The predicted molar refractivity (Wildman–Crippen MR) is 80.5 cm³/mol. The van der Waals surface area contributed by atoms with Crippen LogP contribution in [0.2, 0.25) is 0 Å². The summed E-state index contributed by atoms with van der Waals surface area (Å²) in [6.45, 7) is 1.48. The Bertz CT molecular complexity index is 720. The molecule has 0 radical (unpaired) electrons. The van der Waals surface area contributed by atoms with Crippen LogP contribution in [0.4, 0.5) is 4.39 Å². The van der Waals surface area contributed by atoms with Crippen LogP contribution in [0, 0.1) is 11.7 Å². The van der Waals surface area contributed by atoms with Crippen molar-refractivity contribution in [2.45, 2.75) is 30.7 Å². The topological polar surface area (TPSA) is 107 Å². The number of carbonyl (C=O) groups excluding carboxylic acids is 2. The fraction of sp³-hybridized carbons (Fsp3) is 0.467. The van der Waals surface area contributed by atoms with Gasteiger partial charge in [0, 0.05) is 13.1 Å². The number of nitrogens with zero attached hydrogens (tertiary/aromatic N) is 1. The van der Waals surface area contributed by atoms with Gasteiger partial charge in [-0.2, -0.15) is 4.31 Å². The molecule has 1 N–H and O–H groups in total. The molecule has 1 aromatic carbocycles. The minimum atomic E-state index is -3.83. The minimum absolute atomic E-state index is 0.0481. The number of piperidine rings is 1. The molecule has 0 aliphatic carbocycles. The first-order valence-corrected chi connectivity index (χ1v) is 8.93. The molecule has 1 saturated heterocycles. The van der Waals surface area contributed by atoms with Gasteiger partial charge in [-0.15, -0.1) is 0 Å². The predicted octanol–water partition coefficient (Wildman–Crippen LogP) is -0.519. The normalized spacial score (nSPS) is 20.3. The first kappa shape index (κ1) is 18.3. The average Bonchev–Trinajstić information content (AvgIpc) is 2.55. The van der Waals surface area contributed by atoms with Crippen molar-refractivity contribution in [1.82, 2.24) is 9.62 Å². The molecule has 1 aromatic rings. The van der Waals surface area contributed by atoms with Crippen molar-refractivity contribution in [1.29, 1.82) is 0 Å². The van der Waals surface area contributed by atoms with Crippen molar-refractivity contribution in [3.8, 4) is 0 Å². The van der Waals surface area contributed by atoms with Crippen molar-refractivity contribution in [3.63, 3.8) is 0 Å². The Hall–Kier alpha value is -2.00. The number of rotatable bonds is 5. The van der Waals surface area contributed by atoms with Crippen LogP contribution in [0.3, 0.4) is 0 Å². The van der Waals surface area contributed by atoms with E-state index in [-0.39, 0.29) is 18.0 Å². The lowest BCUT2D eigenvalue weighted by Crippen LogP contribution is -2.51. The number of hydrogen-bond acceptors (Lipinski definition) is 5. The van der Waals surface area contributed by atoms with Crippen molar-refractivity contribution >= 4 is 21.9 Å². The Morgan fingerprint density at radius 2 is 1.96 bits per heavy atom. The minimum Gasteiger partial charge on any atom is -0.548 e. The average molecular weight is 357 g/mol. The molecule has 1 aliphatic rings. The first-order chi connectivity index (χ1) is 11.2. The summed E-state index contributed by atoms with van der Waals surface area (Å²) >= 11 is 0. The van der Waals surface area contributed by atoms with E-state index < -0.39 is 39.7 Å². The molecule has 9 heteroatoms. The van der Waals surface area contributed by atoms with E-state index in [1.54, 1.807) is 0 Å². The maximum atomic E-state index is 13.0. The van der Waals surface area contributed by atoms with Gasteiger partial charge in [-0.1, -0.05) is 0 Å². The lowest BCUT2D eigenvalue weighted by molar-refractivity contribution is -0.307. The van der Waals surface area contributed by atoms with Crippen LogP contribution in [-0.2, 0) is 19.6 Å². The second-order valence-electron chi connectivity index (χ2n) is 5.71. The molecule has 2 rings (SSSR count). The molecule has 0 spiro atoms. The second-order valence-corrected chi connectivity index (χ2v) is 7.64. The molecule has 7 nitrogen and oxygen atoms in total. The Kier molecular flexibility index (Phi) is 5.55. The number of aliphatic carboxylic acids is 1. The summed E-state index contributed by atoms with van der Waals surface area (Å²) in [5, 5.41) is 13.0. The smallest absolute Gasteiger partial charge is 0.243 e. The van der Waals surface area contributed by atoms with Gasteiger partial charge in [0.15, 0.2) is 0 Å². The van der Waals surface area contributed by atoms with E-state index in [0.29, 0.717) is 12.8 Å². The number of halogens is 1. The summed E-state index contributed by atoms with van der Waals surface area (Å²) in [5.41, 5.74) is 0. The lowest BCUT2D eigenvalue weighted by Gasteiger charge is -2.32. The second kappa shape index (κ2) is 7.27. The Morgan fingerprint density at radius 3 is 2.54 bits per heavy atom. The molecule has 0 unspecified atom stereocenters. The van der Waals surface area contributed by atoms with Crippen LogP contribution < -0.4 is 10.4 Å². The molecule has 132 valence electrons. The van der Waals surface area contributed by atoms with Crippen LogP contribution in [0.1, 0.15) is 19.8 Å². The fourth-order valence-electron chi connectivity index (χ4n) is 2.52. The number of carboxylic acid groups (broad SMARTS) is 1. The molecule has 0 bridgehead atoms. The molecular weight excluding hydrogens is 339 g/mol. The van der Waals surface area contributed by atoms with Gasteiger partial charge in [0.05, 0.1) is 22.8 Å². The summed E-state index contributed by atoms with van der Waals surface area (Å²) in [4.78, 5) is 22.7. The highest BCUT2D eigenvalue weighted by atomic mass is 32.2. The van der Waals surface area contributed by atoms with Crippen LogP contribution in [0.5, 0.6) is 0 Å². The standard InChI is InChI=1S/C15H19FN2O5S/c1-10(15(20)21)17-14(19)11-3-2-8-18(9-11)24(22,23)13-6-4-12(16)5-7-13/h4-7,10-11H,2-3,8-9H2,1H3,(H,17,19)(H,20,21)/p-1/t10-,11-/m0/s1. The number of nitrogens with one attached hydrogen (secondary N) is 1. The fourth-order valence-corrected chi connectivity index (χ4v) is 4.04. The molecule has 0 saturated carbocycles. The monoisotopic (exact) mass is 357 g/mol. The van der Waals surface area contributed by atoms with Crippen LogP contribution in [-0.4, -0.2) is 43.7 Å². The van der Waals surface area contributed by atoms with Crippen LogP contribution in [0.25, 0.3) is 0 Å². The van der Waals surface area contributed by atoms with Gasteiger partial charge in [0.1, 0.15) is 5.82 Å². The van der Waals surface area contributed by atoms with E-state index in [4.69, 9.17) is 0 Å². The maximum absolute atomic E-state index is 13.0. The van der Waals surface area contributed by atoms with E-state index in [1.165, 1.54) is 19.1 Å². The van der Waals surface area contributed by atoms with Crippen molar-refractivity contribution in [2.24, 2.45) is 5.92 Å². The molecule has 24 heavy (non-hydrogen) atoms. The molecular formula is C15H18FN2O5S-. The van der Waals surface area contributed by atoms with Crippen molar-refractivity contribution < 1.29 is 27.5 Å². The molecule has 1 heterocycles. The summed E-state index contributed by atoms with van der Waals surface area (Å²) < 4.78 is 39.3. The molecule has 0 aromatic heterocycles. The van der Waals surface area contributed by atoms with Gasteiger partial charge in [-0.3, -0.25) is 4.79 Å². The Morgan fingerprint density at radius 1 is 1.33 bits per heavy atom. The number of amides is 1. The third-order valence-corrected chi connectivity index (χ3v) is 5.80. The van der Waals surface area contributed by atoms with Gasteiger partial charge in [-0.05, 0) is 44.0 Å². The van der Waals surface area contributed by atoms with Gasteiger partial charge < -0.3 is 15.2 Å². The van der Waals surface area contributed by atoms with E-state index in [0.717, 1.165) is 16.4 Å². The highest BCUT2D eigenvalue weighted by Crippen LogP contribution is 2.24. The largest absolute Gasteiger partial charge is 0.548 e. The quantitative estimate of drug-likeness (QED) is 0.763. The summed E-state index contributed by atoms with van der Waals surface area (Å²) in [6.07, 6.45) is 0.930. The summed E-state index contributed by atoms with van der Waals surface area (Å²) in [5.74, 6) is -3.11. The third-order valence-electron chi connectivity index (χ3n) is 3.92. The summed E-state index contributed by atoms with van der Waals surface area (Å²) in [6, 6.07) is 3.31. The zero-order valence-electron chi connectivity index (χ0n) is 13.1. The molecule has 2 atom stereocenters. The van der Waals surface area contributed by atoms with Crippen LogP contribution in [0.15, 0.2) is 29.2 Å². The lowest BCUT2D eigenvalue weighted by atomic mass is 9.98. The van der Waals surface area contributed by atoms with Gasteiger partial charge >= 0.3 is 0 Å². The van der Waals surface area contributed by atoms with E-state index >= 15 is 0 Å². The van der Waals surface area contributed by atoms with E-state index in [1.807, 2.05) is 0 Å². The zero-order valence-corrected chi connectivity index (χ0v) is 13.9. The summed E-state index contributed by atoms with van der Waals surface area (Å²) in [7, 11) is -3.83. The Labute approximate surface area is 139 Å². The maximum Gasteiger partial charge on any atom is 0.243 e. The van der Waals surface area contributed by atoms with E-state index in [9.17, 15) is 27.5 Å². The molecule has 1 fully saturated rings. The number of benzene rings is 1. The number of hydrogen-bond donors (Lipinski definition) is 1. The molecule has 1 aliphatic heterocycles. The van der Waals surface area contributed by atoms with Crippen molar-refractivity contribution in [2.75, 3.05) is 13.1 Å². The number of carboxylic acids is 1. The van der Waals surface area contributed by atoms with Crippen molar-refractivity contribution in [3.05, 3.63) is 30.1 Å². The SMILES string of the molecule is C[C@H](NC(=O)[C@H]1CCCN(S(=O)(=O)c2ccc(F)cc2)C1)C(=O)[O-]. The van der Waals surface area contributed by atoms with Gasteiger partial charge in [-0.25, -0.2) is 12.8 Å². The highest BCUT2D eigenvalue weighted by molar-refractivity contribution is 7.89. The number of carbonyl (C=O) groups is 2. The van der Waals surface area contributed by atoms with Crippen LogP contribution >= 0.6 is 0 Å².